The highest BCUT2D eigenvalue weighted by Gasteiger charge is 2.18. The summed E-state index contributed by atoms with van der Waals surface area (Å²) in [6.07, 6.45) is 0. The predicted octanol–water partition coefficient (Wildman–Crippen LogP) is 2.70. The Morgan fingerprint density at radius 3 is 2.48 bits per heavy atom. The van der Waals surface area contributed by atoms with Crippen molar-refractivity contribution in [1.29, 1.82) is 0 Å². The van der Waals surface area contributed by atoms with E-state index in [0.29, 0.717) is 11.4 Å². The Kier molecular flexibility index (Phi) is 6.72. The lowest BCUT2D eigenvalue weighted by atomic mass is 10.2. The van der Waals surface area contributed by atoms with E-state index < -0.39 is 12.5 Å². The summed E-state index contributed by atoms with van der Waals surface area (Å²) in [5.41, 5.74) is 8.83. The maximum atomic E-state index is 12.5. The van der Waals surface area contributed by atoms with Gasteiger partial charge in [-0.3, -0.25) is 10.2 Å². The van der Waals surface area contributed by atoms with Crippen LogP contribution in [0.15, 0.2) is 42.5 Å². The van der Waals surface area contributed by atoms with Gasteiger partial charge in [0.1, 0.15) is 5.75 Å². The molecule has 0 saturated heterocycles. The maximum Gasteiger partial charge on any atom is 0.387 e. The smallest absolute Gasteiger partial charge is 0.387 e. The van der Waals surface area contributed by atoms with E-state index in [0.717, 1.165) is 0 Å². The number of alkyl halides is 2. The molecule has 0 aliphatic heterocycles. The van der Waals surface area contributed by atoms with Crippen molar-refractivity contribution < 1.29 is 27.8 Å². The molecule has 144 valence electrons. The SMILES string of the molecule is COc1cccc(N(NC(=O)c2ccc(OC(F)F)c(OC)c2)C(N)=S)c1. The first-order chi connectivity index (χ1) is 12.8. The fourth-order valence-electron chi connectivity index (χ4n) is 2.16. The molecule has 0 atom stereocenters. The zero-order valence-corrected chi connectivity index (χ0v) is 15.3. The molecule has 7 nitrogen and oxygen atoms in total. The molecule has 0 radical (unpaired) electrons. The Morgan fingerprint density at radius 1 is 1.15 bits per heavy atom. The summed E-state index contributed by atoms with van der Waals surface area (Å²) in [5, 5.41) is 1.08. The molecule has 0 bridgehead atoms. The number of rotatable bonds is 6. The van der Waals surface area contributed by atoms with Gasteiger partial charge in [-0.05, 0) is 42.5 Å². The molecule has 2 aromatic carbocycles. The van der Waals surface area contributed by atoms with Gasteiger partial charge < -0.3 is 19.9 Å². The van der Waals surface area contributed by atoms with Crippen LogP contribution in [0, 0.1) is 0 Å². The van der Waals surface area contributed by atoms with Gasteiger partial charge in [-0.15, -0.1) is 0 Å². The first kappa shape index (κ1) is 20.2. The molecule has 3 N–H and O–H groups in total. The number of halogens is 2. The normalized spacial score (nSPS) is 10.3. The highest BCUT2D eigenvalue weighted by molar-refractivity contribution is 7.80. The molecule has 2 aromatic rings. The summed E-state index contributed by atoms with van der Waals surface area (Å²) >= 11 is 4.98. The second kappa shape index (κ2) is 8.99. The number of hydrazine groups is 1. The number of anilines is 1. The van der Waals surface area contributed by atoms with Crippen LogP contribution in [-0.2, 0) is 0 Å². The van der Waals surface area contributed by atoms with Crippen LogP contribution in [0.3, 0.4) is 0 Å². The number of methoxy groups -OCH3 is 2. The lowest BCUT2D eigenvalue weighted by Crippen LogP contribution is -2.49. The van der Waals surface area contributed by atoms with Crippen molar-refractivity contribution in [3.63, 3.8) is 0 Å². The van der Waals surface area contributed by atoms with E-state index in [1.54, 1.807) is 24.3 Å². The van der Waals surface area contributed by atoms with Gasteiger partial charge in [0, 0.05) is 11.6 Å². The van der Waals surface area contributed by atoms with E-state index in [1.807, 2.05) is 0 Å². The highest BCUT2D eigenvalue weighted by atomic mass is 32.1. The number of benzene rings is 2. The number of nitrogens with two attached hydrogens (primary N) is 1. The molecule has 0 saturated carbocycles. The number of thiocarbonyl (C=S) groups is 1. The van der Waals surface area contributed by atoms with Gasteiger partial charge in [-0.2, -0.15) is 8.78 Å². The number of ether oxygens (including phenoxy) is 3. The highest BCUT2D eigenvalue weighted by Crippen LogP contribution is 2.29. The van der Waals surface area contributed by atoms with Gasteiger partial charge in [0.05, 0.1) is 19.9 Å². The minimum absolute atomic E-state index is 0.0220. The zero-order chi connectivity index (χ0) is 20.0. The van der Waals surface area contributed by atoms with Gasteiger partial charge >= 0.3 is 6.61 Å². The van der Waals surface area contributed by atoms with Crippen molar-refractivity contribution in [2.45, 2.75) is 6.61 Å². The summed E-state index contributed by atoms with van der Waals surface area (Å²) in [5.74, 6) is -0.264. The van der Waals surface area contributed by atoms with Crippen LogP contribution in [0.25, 0.3) is 0 Å². The molecule has 0 unspecified atom stereocenters. The van der Waals surface area contributed by atoms with Gasteiger partial charge in [0.25, 0.3) is 5.91 Å². The molecule has 1 amide bonds. The van der Waals surface area contributed by atoms with Crippen LogP contribution in [0.5, 0.6) is 17.2 Å². The number of carbonyl (C=O) groups excluding carboxylic acids is 1. The molecule has 0 heterocycles. The Morgan fingerprint density at radius 2 is 1.89 bits per heavy atom. The summed E-state index contributed by atoms with van der Waals surface area (Å²) < 4.78 is 39.3. The standard InChI is InChI=1S/C17H17F2N3O4S/c1-24-12-5-3-4-11(9-12)22(17(20)27)21-15(23)10-6-7-13(26-16(18)19)14(8-10)25-2/h3-9,16H,1-2H3,(H2,20,27)(H,21,23). The average Bonchev–Trinajstić information content (AvgIpc) is 2.65. The van der Waals surface area contributed by atoms with Crippen LogP contribution in [0.2, 0.25) is 0 Å². The minimum Gasteiger partial charge on any atom is -0.497 e. The van der Waals surface area contributed by atoms with E-state index in [4.69, 9.17) is 27.4 Å². The summed E-state index contributed by atoms with van der Waals surface area (Å²) in [6.45, 7) is -3.02. The Balaban J connectivity index is 2.26. The monoisotopic (exact) mass is 397 g/mol. The zero-order valence-electron chi connectivity index (χ0n) is 14.4. The molecular formula is C17H17F2N3O4S. The molecule has 27 heavy (non-hydrogen) atoms. The summed E-state index contributed by atoms with van der Waals surface area (Å²) in [6, 6.07) is 10.5. The van der Waals surface area contributed by atoms with Crippen molar-refractivity contribution in [2.75, 3.05) is 19.2 Å². The summed E-state index contributed by atoms with van der Waals surface area (Å²) in [7, 11) is 2.77. The largest absolute Gasteiger partial charge is 0.497 e. The van der Waals surface area contributed by atoms with E-state index in [9.17, 15) is 13.6 Å². The van der Waals surface area contributed by atoms with Crippen molar-refractivity contribution in [3.05, 3.63) is 48.0 Å². The maximum absolute atomic E-state index is 12.5. The fraction of sp³-hybridized carbons (Fsp3) is 0.176. The number of carbonyl (C=O) groups is 1. The van der Waals surface area contributed by atoms with Crippen LogP contribution >= 0.6 is 12.2 Å². The molecule has 0 spiro atoms. The van der Waals surface area contributed by atoms with Crippen molar-refractivity contribution in [1.82, 2.24) is 5.43 Å². The molecule has 0 aliphatic rings. The lowest BCUT2D eigenvalue weighted by molar-refractivity contribution is -0.0512. The Bertz CT molecular complexity index is 836. The van der Waals surface area contributed by atoms with Crippen LogP contribution in [0.4, 0.5) is 14.5 Å². The third-order valence-electron chi connectivity index (χ3n) is 3.39. The predicted molar refractivity (Wildman–Crippen MR) is 99.4 cm³/mol. The topological polar surface area (TPSA) is 86.0 Å². The average molecular weight is 397 g/mol. The Labute approximate surface area is 159 Å². The van der Waals surface area contributed by atoms with Gasteiger partial charge in [-0.1, -0.05) is 6.07 Å². The molecule has 0 aromatic heterocycles. The van der Waals surface area contributed by atoms with E-state index >= 15 is 0 Å². The quantitative estimate of drug-likeness (QED) is 0.573. The summed E-state index contributed by atoms with van der Waals surface area (Å²) in [4.78, 5) is 12.5. The molecule has 10 heteroatoms. The third kappa shape index (κ3) is 5.17. The van der Waals surface area contributed by atoms with Crippen molar-refractivity contribution in [2.24, 2.45) is 5.73 Å². The lowest BCUT2D eigenvalue weighted by Gasteiger charge is -2.24. The second-order valence-electron chi connectivity index (χ2n) is 5.06. The van der Waals surface area contributed by atoms with E-state index in [2.05, 4.69) is 10.2 Å². The van der Waals surface area contributed by atoms with Gasteiger partial charge in [0.15, 0.2) is 16.6 Å². The number of amides is 1. The van der Waals surface area contributed by atoms with Crippen molar-refractivity contribution >= 4 is 28.9 Å². The Hall–Kier alpha value is -3.14. The van der Waals surface area contributed by atoms with Gasteiger partial charge in [0.2, 0.25) is 0 Å². The van der Waals surface area contributed by atoms with Crippen LogP contribution < -0.4 is 30.4 Å². The third-order valence-corrected chi connectivity index (χ3v) is 3.57. The van der Waals surface area contributed by atoms with Crippen LogP contribution in [-0.4, -0.2) is 31.9 Å². The number of nitrogens with zero attached hydrogens (tertiary/aromatic N) is 1. The molecule has 0 aliphatic carbocycles. The first-order valence-electron chi connectivity index (χ1n) is 7.53. The number of hydrogen-bond donors (Lipinski definition) is 2. The second-order valence-corrected chi connectivity index (χ2v) is 5.48. The number of nitrogens with one attached hydrogen (secondary N) is 1. The van der Waals surface area contributed by atoms with E-state index in [-0.39, 0.29) is 22.2 Å². The van der Waals surface area contributed by atoms with E-state index in [1.165, 1.54) is 37.4 Å². The minimum atomic E-state index is -3.02. The first-order valence-corrected chi connectivity index (χ1v) is 7.94. The molecule has 2 rings (SSSR count). The molecule has 0 fully saturated rings. The van der Waals surface area contributed by atoms with Crippen molar-refractivity contribution in [3.8, 4) is 17.2 Å². The fourth-order valence-corrected chi connectivity index (χ4v) is 2.32. The molecular weight excluding hydrogens is 380 g/mol. The van der Waals surface area contributed by atoms with Gasteiger partial charge in [-0.25, -0.2) is 5.01 Å². The number of hydrogen-bond acceptors (Lipinski definition) is 5. The van der Waals surface area contributed by atoms with Crippen LogP contribution in [0.1, 0.15) is 10.4 Å².